The van der Waals surface area contributed by atoms with Crippen molar-refractivity contribution in [2.75, 3.05) is 7.05 Å². The van der Waals surface area contributed by atoms with Gasteiger partial charge in [-0.2, -0.15) is 0 Å². The number of aromatic nitrogens is 4. The van der Waals surface area contributed by atoms with Crippen molar-refractivity contribution in [1.82, 2.24) is 24.6 Å². The van der Waals surface area contributed by atoms with Crippen LogP contribution in [0.1, 0.15) is 11.4 Å². The first-order valence-corrected chi connectivity index (χ1v) is 6.34. The number of benzene rings is 1. The molecular weight excluding hydrogens is 238 g/mol. The molecule has 0 saturated heterocycles. The second kappa shape index (κ2) is 4.85. The molecule has 0 spiro atoms. The van der Waals surface area contributed by atoms with Gasteiger partial charge < -0.3 is 14.5 Å². The molecule has 0 aliphatic carbocycles. The second-order valence-electron chi connectivity index (χ2n) is 4.69. The number of nitrogens with zero attached hydrogens (tertiary/aromatic N) is 4. The normalized spacial score (nSPS) is 11.3. The van der Waals surface area contributed by atoms with Gasteiger partial charge in [-0.15, -0.1) is 10.2 Å². The molecule has 0 bridgehead atoms. The van der Waals surface area contributed by atoms with Gasteiger partial charge in [-0.05, 0) is 24.1 Å². The van der Waals surface area contributed by atoms with Gasteiger partial charge in [0.2, 0.25) is 0 Å². The predicted molar refractivity (Wildman–Crippen MR) is 74.8 cm³/mol. The molecule has 0 aliphatic rings. The summed E-state index contributed by atoms with van der Waals surface area (Å²) in [5, 5.41) is 12.6. The lowest BCUT2D eigenvalue weighted by Gasteiger charge is -2.09. The van der Waals surface area contributed by atoms with Crippen molar-refractivity contribution >= 4 is 10.9 Å². The van der Waals surface area contributed by atoms with Gasteiger partial charge in [0.05, 0.1) is 12.1 Å². The van der Waals surface area contributed by atoms with E-state index in [1.807, 2.05) is 18.7 Å². The van der Waals surface area contributed by atoms with Crippen LogP contribution in [0.4, 0.5) is 0 Å². The topological polar surface area (TPSA) is 47.7 Å². The van der Waals surface area contributed by atoms with E-state index in [0.29, 0.717) is 0 Å². The van der Waals surface area contributed by atoms with Crippen LogP contribution < -0.4 is 5.32 Å². The minimum Gasteiger partial charge on any atom is -0.340 e. The Labute approximate surface area is 111 Å². The van der Waals surface area contributed by atoms with Gasteiger partial charge in [0.15, 0.2) is 5.82 Å². The Kier molecular flexibility index (Phi) is 3.05. The van der Waals surface area contributed by atoms with Crippen LogP contribution in [-0.2, 0) is 20.1 Å². The summed E-state index contributed by atoms with van der Waals surface area (Å²) in [6, 6.07) is 8.54. The molecule has 1 aromatic carbocycles. The third-order valence-electron chi connectivity index (χ3n) is 3.36. The third-order valence-corrected chi connectivity index (χ3v) is 3.36. The monoisotopic (exact) mass is 255 g/mol. The molecule has 1 N–H and O–H groups in total. The van der Waals surface area contributed by atoms with Gasteiger partial charge in [0.1, 0.15) is 6.33 Å². The zero-order valence-corrected chi connectivity index (χ0v) is 11.2. The third kappa shape index (κ3) is 2.13. The maximum atomic E-state index is 4.15. The Balaban J connectivity index is 2.06. The van der Waals surface area contributed by atoms with Crippen molar-refractivity contribution in [3.05, 3.63) is 48.2 Å². The smallest absolute Gasteiger partial charge is 0.152 e. The Morgan fingerprint density at radius 2 is 2.16 bits per heavy atom. The van der Waals surface area contributed by atoms with Crippen LogP contribution >= 0.6 is 0 Å². The number of hydrogen-bond donors (Lipinski definition) is 1. The zero-order chi connectivity index (χ0) is 13.2. The molecule has 5 heteroatoms. The average Bonchev–Trinajstić information content (AvgIpc) is 2.99. The molecule has 0 atom stereocenters. The number of nitrogens with one attached hydrogen (secondary N) is 1. The molecular formula is C14H17N5. The molecule has 0 unspecified atom stereocenters. The molecule has 0 amide bonds. The fourth-order valence-electron chi connectivity index (χ4n) is 2.41. The number of para-hydroxylation sites is 1. The van der Waals surface area contributed by atoms with Crippen molar-refractivity contribution in [3.8, 4) is 0 Å². The van der Waals surface area contributed by atoms with Gasteiger partial charge >= 0.3 is 0 Å². The first-order valence-electron chi connectivity index (χ1n) is 6.34. The molecule has 0 fully saturated rings. The molecule has 2 heterocycles. The zero-order valence-electron chi connectivity index (χ0n) is 11.2. The van der Waals surface area contributed by atoms with E-state index in [9.17, 15) is 0 Å². The van der Waals surface area contributed by atoms with E-state index >= 15 is 0 Å². The highest BCUT2D eigenvalue weighted by molar-refractivity contribution is 5.83. The Morgan fingerprint density at radius 1 is 1.26 bits per heavy atom. The molecule has 5 nitrogen and oxygen atoms in total. The maximum absolute atomic E-state index is 4.15. The largest absolute Gasteiger partial charge is 0.340 e. The number of hydrogen-bond acceptors (Lipinski definition) is 3. The van der Waals surface area contributed by atoms with Crippen LogP contribution in [0, 0.1) is 0 Å². The molecule has 3 aromatic rings. The van der Waals surface area contributed by atoms with Crippen LogP contribution in [-0.4, -0.2) is 26.4 Å². The second-order valence-corrected chi connectivity index (χ2v) is 4.69. The van der Waals surface area contributed by atoms with E-state index < -0.39 is 0 Å². The van der Waals surface area contributed by atoms with Crippen molar-refractivity contribution < 1.29 is 0 Å². The van der Waals surface area contributed by atoms with Crippen molar-refractivity contribution in [2.24, 2.45) is 7.05 Å². The van der Waals surface area contributed by atoms with E-state index in [1.54, 1.807) is 6.33 Å². The number of aryl methyl sites for hydroxylation is 1. The standard InChI is InChI=1S/C14H17N5/c1-15-8-12-5-3-4-11-6-7-19(14(11)12)9-13-17-16-10-18(13)2/h3-7,10,15H,8-9H2,1-2H3. The molecule has 0 radical (unpaired) electrons. The highest BCUT2D eigenvalue weighted by Gasteiger charge is 2.08. The SMILES string of the molecule is CNCc1cccc2ccn(Cc3nncn3C)c12. The Bertz CT molecular complexity index is 695. The van der Waals surface area contributed by atoms with E-state index in [0.717, 1.165) is 18.9 Å². The van der Waals surface area contributed by atoms with Crippen LogP contribution in [0.2, 0.25) is 0 Å². The summed E-state index contributed by atoms with van der Waals surface area (Å²) in [5.74, 6) is 0.955. The molecule has 2 aromatic heterocycles. The lowest BCUT2D eigenvalue weighted by Crippen LogP contribution is -2.09. The molecule has 3 rings (SSSR count). The summed E-state index contributed by atoms with van der Waals surface area (Å²) in [5.41, 5.74) is 2.56. The number of fused-ring (bicyclic) bond motifs is 1. The van der Waals surface area contributed by atoms with E-state index in [4.69, 9.17) is 0 Å². The lowest BCUT2D eigenvalue weighted by molar-refractivity contribution is 0.711. The Morgan fingerprint density at radius 3 is 2.89 bits per heavy atom. The first-order chi connectivity index (χ1) is 9.29. The fourth-order valence-corrected chi connectivity index (χ4v) is 2.41. The summed E-state index contributed by atoms with van der Waals surface area (Å²) < 4.78 is 4.18. The van der Waals surface area contributed by atoms with Crippen molar-refractivity contribution in [3.63, 3.8) is 0 Å². The maximum Gasteiger partial charge on any atom is 0.152 e. The minimum atomic E-state index is 0.737. The van der Waals surface area contributed by atoms with Gasteiger partial charge in [-0.3, -0.25) is 0 Å². The van der Waals surface area contributed by atoms with Crippen LogP contribution in [0.5, 0.6) is 0 Å². The van der Waals surface area contributed by atoms with Crippen molar-refractivity contribution in [1.29, 1.82) is 0 Å². The molecule has 98 valence electrons. The van der Waals surface area contributed by atoms with Gasteiger partial charge in [0.25, 0.3) is 0 Å². The highest BCUT2D eigenvalue weighted by atomic mass is 15.3. The predicted octanol–water partition coefficient (Wildman–Crippen LogP) is 1.54. The lowest BCUT2D eigenvalue weighted by atomic mass is 10.1. The summed E-state index contributed by atoms with van der Waals surface area (Å²) in [4.78, 5) is 0. The Hall–Kier alpha value is -2.14. The van der Waals surface area contributed by atoms with Crippen LogP contribution in [0.25, 0.3) is 10.9 Å². The first kappa shape index (κ1) is 11.9. The minimum absolute atomic E-state index is 0.737. The van der Waals surface area contributed by atoms with E-state index in [1.165, 1.54) is 16.5 Å². The summed E-state index contributed by atoms with van der Waals surface area (Å²) in [7, 11) is 3.93. The van der Waals surface area contributed by atoms with Crippen molar-refractivity contribution in [2.45, 2.75) is 13.1 Å². The average molecular weight is 255 g/mol. The quantitative estimate of drug-likeness (QED) is 0.769. The van der Waals surface area contributed by atoms with Gasteiger partial charge in [-0.25, -0.2) is 0 Å². The summed E-state index contributed by atoms with van der Waals surface area (Å²) >= 11 is 0. The van der Waals surface area contributed by atoms with E-state index in [2.05, 4.69) is 50.5 Å². The summed E-state index contributed by atoms with van der Waals surface area (Å²) in [6.07, 6.45) is 3.84. The summed E-state index contributed by atoms with van der Waals surface area (Å²) in [6.45, 7) is 1.60. The molecule has 0 aliphatic heterocycles. The van der Waals surface area contributed by atoms with Crippen LogP contribution in [0.3, 0.4) is 0 Å². The van der Waals surface area contributed by atoms with Gasteiger partial charge in [0, 0.05) is 19.8 Å². The highest BCUT2D eigenvalue weighted by Crippen LogP contribution is 2.21. The van der Waals surface area contributed by atoms with Crippen LogP contribution in [0.15, 0.2) is 36.8 Å². The molecule has 0 saturated carbocycles. The fraction of sp³-hybridized carbons (Fsp3) is 0.286. The number of rotatable bonds is 4. The van der Waals surface area contributed by atoms with Gasteiger partial charge in [-0.1, -0.05) is 18.2 Å². The van der Waals surface area contributed by atoms with E-state index in [-0.39, 0.29) is 0 Å². The molecule has 19 heavy (non-hydrogen) atoms.